The topological polar surface area (TPSA) is 47.3 Å². The Kier molecular flexibility index (Phi) is 3.77. The highest BCUT2D eigenvalue weighted by molar-refractivity contribution is 5.26. The molecule has 0 saturated heterocycles. The van der Waals surface area contributed by atoms with E-state index in [4.69, 9.17) is 9.84 Å². The molecule has 0 aliphatic heterocycles. The molecule has 4 nitrogen and oxygen atoms in total. The maximum absolute atomic E-state index is 9.03. The first kappa shape index (κ1) is 11.7. The first-order valence-corrected chi connectivity index (χ1v) is 5.60. The molecule has 1 N–H and O–H groups in total. The lowest BCUT2D eigenvalue weighted by atomic mass is 10.2. The van der Waals surface area contributed by atoms with Crippen LogP contribution >= 0.6 is 0 Å². The summed E-state index contributed by atoms with van der Waals surface area (Å²) in [6, 6.07) is 7.95. The fourth-order valence-electron chi connectivity index (χ4n) is 1.59. The van der Waals surface area contributed by atoms with E-state index in [9.17, 15) is 0 Å². The lowest BCUT2D eigenvalue weighted by molar-refractivity contribution is 0.254. The van der Waals surface area contributed by atoms with Crippen LogP contribution < -0.4 is 4.74 Å². The molecule has 4 heteroatoms. The number of rotatable bonds is 5. The van der Waals surface area contributed by atoms with Crippen molar-refractivity contribution in [3.63, 3.8) is 0 Å². The van der Waals surface area contributed by atoms with Crippen molar-refractivity contribution in [3.8, 4) is 5.75 Å². The quantitative estimate of drug-likeness (QED) is 0.854. The molecule has 0 radical (unpaired) electrons. The fraction of sp³-hybridized carbons (Fsp3) is 0.308. The molecule has 90 valence electrons. The van der Waals surface area contributed by atoms with Gasteiger partial charge in [-0.1, -0.05) is 17.7 Å². The molecule has 2 aromatic rings. The third kappa shape index (κ3) is 3.07. The van der Waals surface area contributed by atoms with Gasteiger partial charge in [0.15, 0.2) is 0 Å². The number of ether oxygens (including phenoxy) is 1. The summed E-state index contributed by atoms with van der Waals surface area (Å²) in [7, 11) is 0. The van der Waals surface area contributed by atoms with Crippen molar-refractivity contribution in [1.82, 2.24) is 9.55 Å². The van der Waals surface area contributed by atoms with Crippen molar-refractivity contribution in [2.24, 2.45) is 0 Å². The van der Waals surface area contributed by atoms with E-state index in [1.54, 1.807) is 6.20 Å². The van der Waals surface area contributed by atoms with Crippen molar-refractivity contribution in [3.05, 3.63) is 48.0 Å². The molecular formula is C13H16N2O2. The van der Waals surface area contributed by atoms with Crippen molar-refractivity contribution in [1.29, 1.82) is 0 Å². The maximum atomic E-state index is 9.03. The van der Waals surface area contributed by atoms with Gasteiger partial charge in [0.2, 0.25) is 0 Å². The van der Waals surface area contributed by atoms with Crippen LogP contribution in [0.5, 0.6) is 5.75 Å². The van der Waals surface area contributed by atoms with E-state index in [0.717, 1.165) is 5.75 Å². The maximum Gasteiger partial charge on any atom is 0.134 e. The van der Waals surface area contributed by atoms with Gasteiger partial charge in [-0.05, 0) is 19.1 Å². The molecule has 1 aromatic carbocycles. The van der Waals surface area contributed by atoms with Gasteiger partial charge < -0.3 is 14.4 Å². The average molecular weight is 232 g/mol. The molecule has 0 atom stereocenters. The van der Waals surface area contributed by atoms with Crippen LogP contribution in [0.25, 0.3) is 0 Å². The Balaban J connectivity index is 1.85. The SMILES string of the molecule is Cc1ccc(OCCn2ccnc2CO)cc1. The third-order valence-corrected chi connectivity index (χ3v) is 2.57. The number of benzene rings is 1. The Morgan fingerprint density at radius 2 is 2.06 bits per heavy atom. The molecular weight excluding hydrogens is 216 g/mol. The molecule has 17 heavy (non-hydrogen) atoms. The number of aliphatic hydroxyl groups is 1. The van der Waals surface area contributed by atoms with Gasteiger partial charge in [-0.3, -0.25) is 0 Å². The Bertz CT molecular complexity index is 463. The summed E-state index contributed by atoms with van der Waals surface area (Å²) in [6.07, 6.45) is 3.52. The summed E-state index contributed by atoms with van der Waals surface area (Å²) in [5.41, 5.74) is 1.22. The minimum absolute atomic E-state index is 0.0441. The standard InChI is InChI=1S/C13H16N2O2/c1-11-2-4-12(5-3-11)17-9-8-15-7-6-14-13(15)10-16/h2-7,16H,8-10H2,1H3. The van der Waals surface area contributed by atoms with E-state index >= 15 is 0 Å². The van der Waals surface area contributed by atoms with Crippen LogP contribution in [-0.4, -0.2) is 21.3 Å². The minimum atomic E-state index is -0.0441. The molecule has 1 heterocycles. The molecule has 0 aliphatic carbocycles. The highest BCUT2D eigenvalue weighted by Crippen LogP contribution is 2.11. The number of hydrogen-bond donors (Lipinski definition) is 1. The van der Waals surface area contributed by atoms with Gasteiger partial charge in [0.1, 0.15) is 24.8 Å². The van der Waals surface area contributed by atoms with Crippen LogP contribution in [0, 0.1) is 6.92 Å². The third-order valence-electron chi connectivity index (χ3n) is 2.57. The van der Waals surface area contributed by atoms with Crippen molar-refractivity contribution in [2.75, 3.05) is 6.61 Å². The molecule has 2 rings (SSSR count). The number of nitrogens with zero attached hydrogens (tertiary/aromatic N) is 2. The van der Waals surface area contributed by atoms with Gasteiger partial charge >= 0.3 is 0 Å². The fourth-order valence-corrected chi connectivity index (χ4v) is 1.59. The Morgan fingerprint density at radius 3 is 2.76 bits per heavy atom. The lowest BCUT2D eigenvalue weighted by Crippen LogP contribution is -2.10. The highest BCUT2D eigenvalue weighted by Gasteiger charge is 2.00. The van der Waals surface area contributed by atoms with Gasteiger partial charge in [-0.15, -0.1) is 0 Å². The summed E-state index contributed by atoms with van der Waals surface area (Å²) >= 11 is 0. The van der Waals surface area contributed by atoms with Crippen molar-refractivity contribution >= 4 is 0 Å². The van der Waals surface area contributed by atoms with Gasteiger partial charge in [-0.25, -0.2) is 4.98 Å². The van der Waals surface area contributed by atoms with Gasteiger partial charge in [-0.2, -0.15) is 0 Å². The average Bonchev–Trinajstić information content (AvgIpc) is 2.79. The minimum Gasteiger partial charge on any atom is -0.492 e. The molecule has 0 fully saturated rings. The number of aryl methyl sites for hydroxylation is 1. The van der Waals surface area contributed by atoms with Gasteiger partial charge in [0.05, 0.1) is 6.54 Å². The second-order valence-corrected chi connectivity index (χ2v) is 3.86. The summed E-state index contributed by atoms with van der Waals surface area (Å²) in [5.74, 6) is 1.53. The zero-order chi connectivity index (χ0) is 12.1. The lowest BCUT2D eigenvalue weighted by Gasteiger charge is -2.08. The largest absolute Gasteiger partial charge is 0.492 e. The van der Waals surface area contributed by atoms with Crippen LogP contribution in [0.15, 0.2) is 36.7 Å². The van der Waals surface area contributed by atoms with E-state index < -0.39 is 0 Å². The molecule has 0 amide bonds. The van der Waals surface area contributed by atoms with Crippen LogP contribution in [0.2, 0.25) is 0 Å². The van der Waals surface area contributed by atoms with Crippen molar-refractivity contribution < 1.29 is 9.84 Å². The molecule has 0 spiro atoms. The Morgan fingerprint density at radius 1 is 1.29 bits per heavy atom. The number of hydrogen-bond acceptors (Lipinski definition) is 3. The monoisotopic (exact) mass is 232 g/mol. The number of aliphatic hydroxyl groups excluding tert-OH is 1. The van der Waals surface area contributed by atoms with Gasteiger partial charge in [0.25, 0.3) is 0 Å². The summed E-state index contributed by atoms with van der Waals surface area (Å²) in [6.45, 7) is 3.25. The smallest absolute Gasteiger partial charge is 0.134 e. The number of aromatic nitrogens is 2. The molecule has 0 bridgehead atoms. The zero-order valence-corrected chi connectivity index (χ0v) is 9.84. The summed E-state index contributed by atoms with van der Waals surface area (Å²) in [5, 5.41) is 9.03. The molecule has 0 aliphatic rings. The Labute approximate surface area is 100 Å². The normalized spacial score (nSPS) is 10.5. The first-order valence-electron chi connectivity index (χ1n) is 5.60. The van der Waals surface area contributed by atoms with E-state index in [1.807, 2.05) is 42.0 Å². The van der Waals surface area contributed by atoms with Crippen molar-refractivity contribution in [2.45, 2.75) is 20.1 Å². The zero-order valence-electron chi connectivity index (χ0n) is 9.84. The molecule has 0 unspecified atom stereocenters. The summed E-state index contributed by atoms with van der Waals surface area (Å²) < 4.78 is 7.49. The molecule has 0 saturated carbocycles. The van der Waals surface area contributed by atoms with Gasteiger partial charge in [0, 0.05) is 12.4 Å². The second-order valence-electron chi connectivity index (χ2n) is 3.86. The predicted molar refractivity (Wildman–Crippen MR) is 64.8 cm³/mol. The highest BCUT2D eigenvalue weighted by atomic mass is 16.5. The van der Waals surface area contributed by atoms with Crippen LogP contribution in [0.3, 0.4) is 0 Å². The van der Waals surface area contributed by atoms with Crippen LogP contribution in [0.4, 0.5) is 0 Å². The van der Waals surface area contributed by atoms with Crippen LogP contribution in [0.1, 0.15) is 11.4 Å². The first-order chi connectivity index (χ1) is 8.29. The van der Waals surface area contributed by atoms with Crippen LogP contribution in [-0.2, 0) is 13.2 Å². The van der Waals surface area contributed by atoms with E-state index in [-0.39, 0.29) is 6.61 Å². The summed E-state index contributed by atoms with van der Waals surface area (Å²) in [4.78, 5) is 4.03. The molecule has 1 aromatic heterocycles. The van der Waals surface area contributed by atoms with E-state index in [0.29, 0.717) is 19.0 Å². The predicted octanol–water partition coefficient (Wildman–Crippen LogP) is 1.76. The number of imidazole rings is 1. The second kappa shape index (κ2) is 5.50. The van der Waals surface area contributed by atoms with E-state index in [2.05, 4.69) is 4.98 Å². The van der Waals surface area contributed by atoms with E-state index in [1.165, 1.54) is 5.56 Å². The Hall–Kier alpha value is -1.81.